The molecule has 6 nitrogen and oxygen atoms in total. The molecule has 6 heteroatoms. The number of aromatic nitrogens is 5. The third-order valence-electron chi connectivity index (χ3n) is 4.97. The van der Waals surface area contributed by atoms with Gasteiger partial charge in [0.15, 0.2) is 0 Å². The van der Waals surface area contributed by atoms with Crippen molar-refractivity contribution in [1.82, 2.24) is 25.2 Å². The molecule has 0 spiro atoms. The molecule has 0 fully saturated rings. The number of anilines is 1. The molecule has 1 aliphatic rings. The van der Waals surface area contributed by atoms with Crippen molar-refractivity contribution in [2.24, 2.45) is 0 Å². The number of pyridine rings is 1. The second-order valence-corrected chi connectivity index (χ2v) is 6.67. The lowest BCUT2D eigenvalue weighted by molar-refractivity contribution is 0.560. The topological polar surface area (TPSA) is 59.7 Å². The molecular weight excluding hydrogens is 336 g/mol. The van der Waals surface area contributed by atoms with Crippen LogP contribution in [0.5, 0.6) is 0 Å². The van der Waals surface area contributed by atoms with E-state index < -0.39 is 0 Å². The third-order valence-corrected chi connectivity index (χ3v) is 4.97. The van der Waals surface area contributed by atoms with Crippen LogP contribution >= 0.6 is 0 Å². The zero-order chi connectivity index (χ0) is 18.2. The number of hydrogen-bond donors (Lipinski definition) is 0. The zero-order valence-electron chi connectivity index (χ0n) is 14.9. The maximum atomic E-state index is 4.60. The van der Waals surface area contributed by atoms with E-state index in [0.29, 0.717) is 0 Å². The fourth-order valence-corrected chi connectivity index (χ4v) is 3.64. The van der Waals surface area contributed by atoms with Crippen molar-refractivity contribution in [2.75, 3.05) is 4.90 Å². The number of nitrogens with zero attached hydrogens (tertiary/aromatic N) is 6. The minimum atomic E-state index is -0.0828. The molecule has 132 valence electrons. The molecule has 2 aromatic carbocycles. The van der Waals surface area contributed by atoms with Gasteiger partial charge in [-0.2, -0.15) is 4.68 Å². The molecule has 0 amide bonds. The Morgan fingerprint density at radius 3 is 2.70 bits per heavy atom. The van der Waals surface area contributed by atoms with E-state index in [-0.39, 0.29) is 6.04 Å². The molecule has 1 aliphatic heterocycles. The van der Waals surface area contributed by atoms with Crippen molar-refractivity contribution < 1.29 is 0 Å². The lowest BCUT2D eigenvalue weighted by atomic mass is 10.0. The number of hydrogen-bond acceptors (Lipinski definition) is 5. The molecule has 0 aliphatic carbocycles. The van der Waals surface area contributed by atoms with Gasteiger partial charge < -0.3 is 4.90 Å². The Balaban J connectivity index is 1.60. The smallest absolute Gasteiger partial charge is 0.250 e. The lowest BCUT2D eigenvalue weighted by Crippen LogP contribution is -2.30. The highest BCUT2D eigenvalue weighted by atomic mass is 15.6. The van der Waals surface area contributed by atoms with Crippen LogP contribution in [0.4, 0.5) is 5.95 Å². The Kier molecular flexibility index (Phi) is 3.67. The number of rotatable bonds is 3. The summed E-state index contributed by atoms with van der Waals surface area (Å²) in [4.78, 5) is 6.74. The maximum Gasteiger partial charge on any atom is 0.250 e. The first-order valence-electron chi connectivity index (χ1n) is 8.92. The lowest BCUT2D eigenvalue weighted by Gasteiger charge is -2.31. The molecule has 5 rings (SSSR count). The number of para-hydroxylation sites is 1. The van der Waals surface area contributed by atoms with Crippen molar-refractivity contribution in [3.8, 4) is 0 Å². The van der Waals surface area contributed by atoms with Crippen LogP contribution in [-0.4, -0.2) is 25.2 Å². The molecule has 3 heterocycles. The predicted octanol–water partition coefficient (Wildman–Crippen LogP) is 3.73. The van der Waals surface area contributed by atoms with Crippen LogP contribution < -0.4 is 4.90 Å². The Labute approximate surface area is 156 Å². The van der Waals surface area contributed by atoms with Crippen molar-refractivity contribution in [1.29, 1.82) is 0 Å². The Morgan fingerprint density at radius 1 is 0.963 bits per heavy atom. The van der Waals surface area contributed by atoms with E-state index in [9.17, 15) is 0 Å². The molecule has 27 heavy (non-hydrogen) atoms. The molecule has 1 unspecified atom stereocenters. The fraction of sp³-hybridized carbons (Fsp3) is 0.143. The van der Waals surface area contributed by atoms with Crippen molar-refractivity contribution in [2.45, 2.75) is 19.5 Å². The summed E-state index contributed by atoms with van der Waals surface area (Å²) < 4.78 is 1.87. The Hall–Kier alpha value is -3.54. The molecule has 0 saturated carbocycles. The predicted molar refractivity (Wildman–Crippen MR) is 104 cm³/mol. The maximum absolute atomic E-state index is 4.60. The molecular formula is C21H18N6. The van der Waals surface area contributed by atoms with Crippen LogP contribution in [0.2, 0.25) is 0 Å². The van der Waals surface area contributed by atoms with Crippen LogP contribution in [0.15, 0.2) is 78.6 Å². The summed E-state index contributed by atoms with van der Waals surface area (Å²) in [6.45, 7) is 2.83. The quantitative estimate of drug-likeness (QED) is 0.561. The van der Waals surface area contributed by atoms with E-state index in [1.807, 2.05) is 35.1 Å². The van der Waals surface area contributed by atoms with Crippen LogP contribution in [-0.2, 0) is 6.54 Å². The summed E-state index contributed by atoms with van der Waals surface area (Å²) in [7, 11) is 0. The summed E-state index contributed by atoms with van der Waals surface area (Å²) >= 11 is 0. The summed E-state index contributed by atoms with van der Waals surface area (Å²) in [6.07, 6.45) is 4.03. The third kappa shape index (κ3) is 2.66. The molecule has 0 saturated heterocycles. The van der Waals surface area contributed by atoms with Crippen molar-refractivity contribution in [3.05, 3.63) is 89.8 Å². The van der Waals surface area contributed by atoms with E-state index >= 15 is 0 Å². The van der Waals surface area contributed by atoms with Gasteiger partial charge in [-0.15, -0.1) is 0 Å². The van der Waals surface area contributed by atoms with Gasteiger partial charge in [0.25, 0.3) is 5.95 Å². The first-order chi connectivity index (χ1) is 13.3. The van der Waals surface area contributed by atoms with Gasteiger partial charge in [0, 0.05) is 22.8 Å². The van der Waals surface area contributed by atoms with Crippen molar-refractivity contribution in [3.63, 3.8) is 0 Å². The van der Waals surface area contributed by atoms with Gasteiger partial charge >= 0.3 is 0 Å². The SMILES string of the molecule is CC1=CC(c2cccc3cccnc23)n2nnnc2N1Cc1ccccc1. The largest absolute Gasteiger partial charge is 0.309 e. The van der Waals surface area contributed by atoms with Crippen LogP contribution in [0.25, 0.3) is 10.9 Å². The highest BCUT2D eigenvalue weighted by Gasteiger charge is 2.29. The normalized spacial score (nSPS) is 16.3. The Bertz CT molecular complexity index is 1130. The second kappa shape index (κ2) is 6.32. The molecule has 2 aromatic heterocycles. The van der Waals surface area contributed by atoms with Gasteiger partial charge in [-0.1, -0.05) is 59.7 Å². The van der Waals surface area contributed by atoms with E-state index in [2.05, 4.69) is 74.8 Å². The molecule has 1 atom stereocenters. The minimum Gasteiger partial charge on any atom is -0.309 e. The van der Waals surface area contributed by atoms with E-state index in [1.165, 1.54) is 5.56 Å². The Morgan fingerprint density at radius 2 is 1.81 bits per heavy atom. The minimum absolute atomic E-state index is 0.0828. The first kappa shape index (κ1) is 15.7. The first-order valence-corrected chi connectivity index (χ1v) is 8.92. The molecule has 0 bridgehead atoms. The van der Waals surface area contributed by atoms with Gasteiger partial charge in [0.1, 0.15) is 6.04 Å². The van der Waals surface area contributed by atoms with E-state index in [4.69, 9.17) is 0 Å². The number of allylic oxidation sites excluding steroid dienone is 2. The summed E-state index contributed by atoms with van der Waals surface area (Å²) in [5, 5.41) is 13.7. The number of benzene rings is 2. The average molecular weight is 354 g/mol. The summed E-state index contributed by atoms with van der Waals surface area (Å²) in [5.41, 5.74) is 4.41. The van der Waals surface area contributed by atoms with E-state index in [1.54, 1.807) is 0 Å². The van der Waals surface area contributed by atoms with Gasteiger partial charge in [-0.3, -0.25) is 4.98 Å². The van der Waals surface area contributed by atoms with E-state index in [0.717, 1.165) is 34.7 Å². The monoisotopic (exact) mass is 354 g/mol. The highest BCUT2D eigenvalue weighted by Crippen LogP contribution is 2.34. The standard InChI is InChI=1S/C21H18N6/c1-15-13-19(18-11-5-9-17-10-6-12-22-20(17)18)27-21(23-24-25-27)26(15)14-16-7-3-2-4-8-16/h2-13,19H,14H2,1H3. The number of tetrazole rings is 1. The summed E-state index contributed by atoms with van der Waals surface area (Å²) in [6, 6.07) is 20.5. The summed E-state index contributed by atoms with van der Waals surface area (Å²) in [5.74, 6) is 0.747. The molecule has 0 radical (unpaired) electrons. The highest BCUT2D eigenvalue weighted by molar-refractivity contribution is 5.82. The molecule has 0 N–H and O–H groups in total. The molecule has 4 aromatic rings. The second-order valence-electron chi connectivity index (χ2n) is 6.67. The van der Waals surface area contributed by atoms with Gasteiger partial charge in [0.2, 0.25) is 0 Å². The zero-order valence-corrected chi connectivity index (χ0v) is 14.9. The van der Waals surface area contributed by atoms with Crippen LogP contribution in [0.3, 0.4) is 0 Å². The van der Waals surface area contributed by atoms with Gasteiger partial charge in [-0.25, -0.2) is 0 Å². The van der Waals surface area contributed by atoms with Crippen LogP contribution in [0, 0.1) is 0 Å². The van der Waals surface area contributed by atoms with Gasteiger partial charge in [-0.05, 0) is 35.1 Å². The van der Waals surface area contributed by atoms with Crippen molar-refractivity contribution >= 4 is 16.9 Å². The van der Waals surface area contributed by atoms with Crippen LogP contribution in [0.1, 0.15) is 24.1 Å². The average Bonchev–Trinajstić information content (AvgIpc) is 3.20. The fourth-order valence-electron chi connectivity index (χ4n) is 3.64. The van der Waals surface area contributed by atoms with Gasteiger partial charge in [0.05, 0.1) is 12.1 Å². The number of fused-ring (bicyclic) bond motifs is 2.